The molecule has 1 N–H and O–H groups in total. The molecular formula is C8H10N4O3. The maximum Gasteiger partial charge on any atom is 0.353 e. The molecule has 0 aliphatic carbocycles. The van der Waals surface area contributed by atoms with E-state index in [1.807, 2.05) is 0 Å². The Balaban J connectivity index is 2.31. The smallest absolute Gasteiger partial charge is 0.341 e. The molecule has 0 saturated heterocycles. The molecule has 0 unspecified atom stereocenters. The molecule has 7 heteroatoms. The number of hydrogen-bond acceptors (Lipinski definition) is 5. The van der Waals surface area contributed by atoms with E-state index in [1.165, 1.54) is 19.3 Å². The zero-order chi connectivity index (χ0) is 11.3. The average molecular weight is 210 g/mol. The monoisotopic (exact) mass is 210 g/mol. The van der Waals surface area contributed by atoms with Crippen molar-refractivity contribution in [3.8, 4) is 0 Å². The molecule has 80 valence electrons. The van der Waals surface area contributed by atoms with E-state index in [9.17, 15) is 9.59 Å². The lowest BCUT2D eigenvalue weighted by Crippen LogP contribution is -2.35. The highest BCUT2D eigenvalue weighted by Gasteiger charge is 2.07. The van der Waals surface area contributed by atoms with Gasteiger partial charge in [0, 0.05) is 5.57 Å². The molecule has 0 spiro atoms. The van der Waals surface area contributed by atoms with Crippen LogP contribution in [0.5, 0.6) is 0 Å². The van der Waals surface area contributed by atoms with E-state index >= 15 is 0 Å². The van der Waals surface area contributed by atoms with Gasteiger partial charge in [0.15, 0.2) is 0 Å². The van der Waals surface area contributed by atoms with Crippen LogP contribution in [-0.2, 0) is 9.59 Å². The summed E-state index contributed by atoms with van der Waals surface area (Å²) in [5.74, 6) is -1.04. The highest BCUT2D eigenvalue weighted by Crippen LogP contribution is 1.84. The first kappa shape index (κ1) is 10.9. The molecule has 1 aromatic rings. The summed E-state index contributed by atoms with van der Waals surface area (Å²) in [6.07, 6.45) is 2.72. The van der Waals surface area contributed by atoms with E-state index in [2.05, 4.69) is 27.0 Å². The van der Waals surface area contributed by atoms with Crippen molar-refractivity contribution in [2.75, 3.05) is 6.54 Å². The second-order valence-electron chi connectivity index (χ2n) is 2.73. The molecule has 0 aromatic carbocycles. The summed E-state index contributed by atoms with van der Waals surface area (Å²) in [6.45, 7) is 4.71. The molecular weight excluding hydrogens is 200 g/mol. The van der Waals surface area contributed by atoms with Crippen LogP contribution in [0.2, 0.25) is 0 Å². The molecule has 7 nitrogen and oxygen atoms in total. The second-order valence-corrected chi connectivity index (χ2v) is 2.73. The molecule has 1 heterocycles. The summed E-state index contributed by atoms with van der Waals surface area (Å²) in [7, 11) is 0. The number of nitrogens with one attached hydrogen (secondary N) is 1. The fraction of sp³-hybridized carbons (Fsp3) is 0.250. The van der Waals surface area contributed by atoms with Crippen LogP contribution in [0.25, 0.3) is 0 Å². The Labute approximate surface area is 85.7 Å². The molecule has 0 radical (unpaired) electrons. The predicted molar refractivity (Wildman–Crippen MR) is 49.4 cm³/mol. The maximum atomic E-state index is 11.1. The van der Waals surface area contributed by atoms with Gasteiger partial charge >= 0.3 is 5.97 Å². The first-order chi connectivity index (χ1) is 7.09. The van der Waals surface area contributed by atoms with Crippen molar-refractivity contribution in [3.05, 3.63) is 24.5 Å². The number of rotatable bonds is 4. The Hall–Kier alpha value is -2.18. The average Bonchev–Trinajstić information content (AvgIpc) is 2.66. The van der Waals surface area contributed by atoms with Crippen molar-refractivity contribution in [1.82, 2.24) is 20.5 Å². The third kappa shape index (κ3) is 3.59. The lowest BCUT2D eigenvalue weighted by molar-refractivity contribution is -0.145. The van der Waals surface area contributed by atoms with Gasteiger partial charge < -0.3 is 10.2 Å². The highest BCUT2D eigenvalue weighted by atomic mass is 16.7. The Morgan fingerprint density at radius 2 is 2.33 bits per heavy atom. The van der Waals surface area contributed by atoms with Gasteiger partial charge in [0.2, 0.25) is 5.91 Å². The minimum Gasteiger partial charge on any atom is -0.341 e. The van der Waals surface area contributed by atoms with E-state index in [1.54, 1.807) is 0 Å². The number of amides is 1. The van der Waals surface area contributed by atoms with Gasteiger partial charge in [-0.2, -0.15) is 0 Å². The summed E-state index contributed by atoms with van der Waals surface area (Å²) >= 11 is 0. The largest absolute Gasteiger partial charge is 0.353 e. The van der Waals surface area contributed by atoms with Crippen molar-refractivity contribution in [1.29, 1.82) is 0 Å². The van der Waals surface area contributed by atoms with E-state index in [0.29, 0.717) is 5.57 Å². The van der Waals surface area contributed by atoms with E-state index in [-0.39, 0.29) is 6.54 Å². The van der Waals surface area contributed by atoms with Crippen molar-refractivity contribution in [2.24, 2.45) is 0 Å². The normalized spacial score (nSPS) is 9.40. The quantitative estimate of drug-likeness (QED) is 0.505. The number of aromatic nitrogens is 3. The molecule has 0 atom stereocenters. The van der Waals surface area contributed by atoms with E-state index < -0.39 is 11.9 Å². The van der Waals surface area contributed by atoms with Crippen molar-refractivity contribution >= 4 is 11.9 Å². The topological polar surface area (TPSA) is 86.1 Å². The molecule has 1 aromatic heterocycles. The summed E-state index contributed by atoms with van der Waals surface area (Å²) in [5, 5.41) is 9.16. The summed E-state index contributed by atoms with van der Waals surface area (Å²) in [5.41, 5.74) is 0.323. The Bertz CT molecular complexity index is 371. The zero-order valence-corrected chi connectivity index (χ0v) is 8.14. The van der Waals surface area contributed by atoms with Crippen LogP contribution in [0.3, 0.4) is 0 Å². The van der Waals surface area contributed by atoms with Crippen LogP contribution in [0.4, 0.5) is 0 Å². The lowest BCUT2D eigenvalue weighted by Gasteiger charge is -2.03. The van der Waals surface area contributed by atoms with E-state index in [0.717, 1.165) is 4.85 Å². The standard InChI is InChI=1S/C8H10N4O3/c1-6(2)8(14)9-5-7(13)15-12-4-3-10-11-12/h3-4H,1,5H2,2H3,(H,9,14). The second kappa shape index (κ2) is 4.89. The molecule has 15 heavy (non-hydrogen) atoms. The molecule has 0 aliphatic heterocycles. The molecule has 0 bridgehead atoms. The Morgan fingerprint density at radius 1 is 1.60 bits per heavy atom. The fourth-order valence-electron chi connectivity index (χ4n) is 0.686. The number of carbonyl (C=O) groups is 2. The van der Waals surface area contributed by atoms with Gasteiger partial charge in [-0.25, -0.2) is 4.79 Å². The number of carbonyl (C=O) groups excluding carboxylic acids is 2. The van der Waals surface area contributed by atoms with Gasteiger partial charge in [-0.15, -0.1) is 5.10 Å². The zero-order valence-electron chi connectivity index (χ0n) is 8.14. The predicted octanol–water partition coefficient (Wildman–Crippen LogP) is -1.07. The van der Waals surface area contributed by atoms with Crippen LogP contribution >= 0.6 is 0 Å². The number of nitrogens with zero attached hydrogens (tertiary/aromatic N) is 3. The number of hydrogen-bond donors (Lipinski definition) is 1. The highest BCUT2D eigenvalue weighted by molar-refractivity contribution is 5.94. The molecule has 1 rings (SSSR count). The van der Waals surface area contributed by atoms with Gasteiger partial charge in [-0.1, -0.05) is 11.4 Å². The summed E-state index contributed by atoms with van der Waals surface area (Å²) in [4.78, 5) is 27.6. The Morgan fingerprint density at radius 3 is 2.87 bits per heavy atom. The third-order valence-corrected chi connectivity index (χ3v) is 1.38. The van der Waals surface area contributed by atoms with Gasteiger partial charge in [-0.3, -0.25) is 4.79 Å². The first-order valence-electron chi connectivity index (χ1n) is 4.11. The maximum absolute atomic E-state index is 11.1. The van der Waals surface area contributed by atoms with Gasteiger partial charge in [-0.05, 0) is 12.1 Å². The van der Waals surface area contributed by atoms with Crippen molar-refractivity contribution in [3.63, 3.8) is 0 Å². The molecule has 0 saturated carbocycles. The van der Waals surface area contributed by atoms with Crippen LogP contribution in [-0.4, -0.2) is 33.6 Å². The van der Waals surface area contributed by atoms with Crippen LogP contribution in [0.15, 0.2) is 24.5 Å². The lowest BCUT2D eigenvalue weighted by atomic mass is 10.3. The molecule has 0 fully saturated rings. The van der Waals surface area contributed by atoms with Gasteiger partial charge in [0.25, 0.3) is 0 Å². The van der Waals surface area contributed by atoms with Crippen molar-refractivity contribution in [2.45, 2.75) is 6.92 Å². The van der Waals surface area contributed by atoms with Crippen LogP contribution < -0.4 is 10.2 Å². The fourth-order valence-corrected chi connectivity index (χ4v) is 0.686. The third-order valence-electron chi connectivity index (χ3n) is 1.38. The summed E-state index contributed by atoms with van der Waals surface area (Å²) in [6, 6.07) is 0. The van der Waals surface area contributed by atoms with Crippen molar-refractivity contribution < 1.29 is 14.4 Å². The van der Waals surface area contributed by atoms with Crippen LogP contribution in [0, 0.1) is 0 Å². The van der Waals surface area contributed by atoms with Gasteiger partial charge in [0.1, 0.15) is 6.54 Å². The summed E-state index contributed by atoms with van der Waals surface area (Å²) < 4.78 is 0. The van der Waals surface area contributed by atoms with Gasteiger partial charge in [0.05, 0.1) is 12.4 Å². The SMILES string of the molecule is C=C(C)C(=O)NCC(=O)On1ccnn1. The minimum absolute atomic E-state index is 0.244. The van der Waals surface area contributed by atoms with Crippen LogP contribution in [0.1, 0.15) is 6.92 Å². The first-order valence-corrected chi connectivity index (χ1v) is 4.11. The van der Waals surface area contributed by atoms with E-state index in [4.69, 9.17) is 0 Å². The molecule has 0 aliphatic rings. The molecule has 1 amide bonds. The minimum atomic E-state index is -0.643. The Kier molecular flexibility index (Phi) is 3.55.